The van der Waals surface area contributed by atoms with Crippen molar-refractivity contribution in [2.24, 2.45) is 0 Å². The highest BCUT2D eigenvalue weighted by atomic mass is 16.7. The van der Waals surface area contributed by atoms with E-state index in [1.165, 1.54) is 7.11 Å². The van der Waals surface area contributed by atoms with Gasteiger partial charge in [-0.15, -0.1) is 0 Å². The molecule has 8 heteroatoms. The maximum Gasteiger partial charge on any atom is 0.343 e. The van der Waals surface area contributed by atoms with E-state index in [4.69, 9.17) is 28.4 Å². The number of hydrogen-bond acceptors (Lipinski definition) is 8. The molecule has 0 N–H and O–H groups in total. The van der Waals surface area contributed by atoms with Crippen LogP contribution >= 0.6 is 0 Å². The lowest BCUT2D eigenvalue weighted by Crippen LogP contribution is -2.27. The molecule has 31 heavy (non-hydrogen) atoms. The van der Waals surface area contributed by atoms with E-state index in [0.29, 0.717) is 40.9 Å². The highest BCUT2D eigenvalue weighted by molar-refractivity contribution is 5.98. The van der Waals surface area contributed by atoms with E-state index < -0.39 is 12.1 Å². The summed E-state index contributed by atoms with van der Waals surface area (Å²) in [5.74, 6) is 2.27. The number of esters is 1. The van der Waals surface area contributed by atoms with Gasteiger partial charge in [-0.3, -0.25) is 0 Å². The molecule has 0 aliphatic carbocycles. The van der Waals surface area contributed by atoms with Gasteiger partial charge in [0.2, 0.25) is 12.5 Å². The lowest BCUT2D eigenvalue weighted by atomic mass is 9.84. The summed E-state index contributed by atoms with van der Waals surface area (Å²) in [5.41, 5.74) is 3.31. The zero-order chi connectivity index (χ0) is 21.7. The molecular formula is C23H25NO7. The second-order valence-electron chi connectivity index (χ2n) is 7.93. The third kappa shape index (κ3) is 2.96. The summed E-state index contributed by atoms with van der Waals surface area (Å²) in [7, 11) is 6.77. The Balaban J connectivity index is 1.69. The molecule has 2 atom stereocenters. The van der Waals surface area contributed by atoms with Crippen molar-refractivity contribution < 1.29 is 33.2 Å². The van der Waals surface area contributed by atoms with Gasteiger partial charge in [0.05, 0.1) is 21.3 Å². The average molecular weight is 427 g/mol. The summed E-state index contributed by atoms with van der Waals surface area (Å²) in [6, 6.07) is 5.72. The summed E-state index contributed by atoms with van der Waals surface area (Å²) in [4.78, 5) is 15.2. The van der Waals surface area contributed by atoms with E-state index in [1.807, 2.05) is 18.2 Å². The number of ether oxygens (including phenoxy) is 6. The van der Waals surface area contributed by atoms with Crippen LogP contribution in [-0.2, 0) is 11.2 Å². The monoisotopic (exact) mass is 427 g/mol. The van der Waals surface area contributed by atoms with Crippen molar-refractivity contribution in [1.82, 2.24) is 4.90 Å². The van der Waals surface area contributed by atoms with Gasteiger partial charge in [0, 0.05) is 30.1 Å². The van der Waals surface area contributed by atoms with Gasteiger partial charge in [-0.1, -0.05) is 6.07 Å². The topological polar surface area (TPSA) is 75.7 Å². The Morgan fingerprint density at radius 2 is 1.87 bits per heavy atom. The Labute approximate surface area is 180 Å². The number of carbonyl (C=O) groups is 1. The van der Waals surface area contributed by atoms with Crippen LogP contribution in [0.5, 0.6) is 28.7 Å². The number of rotatable bonds is 4. The quantitative estimate of drug-likeness (QED) is 0.690. The van der Waals surface area contributed by atoms with Gasteiger partial charge in [-0.25, -0.2) is 4.79 Å². The van der Waals surface area contributed by atoms with Crippen LogP contribution in [-0.4, -0.2) is 59.1 Å². The van der Waals surface area contributed by atoms with E-state index in [-0.39, 0.29) is 12.7 Å². The van der Waals surface area contributed by atoms with Crippen LogP contribution < -0.4 is 23.7 Å². The largest absolute Gasteiger partial charge is 0.493 e. The molecule has 3 aliphatic heterocycles. The highest BCUT2D eigenvalue weighted by Gasteiger charge is 2.44. The molecule has 0 saturated heterocycles. The number of hydrogen-bond donors (Lipinski definition) is 0. The first-order valence-corrected chi connectivity index (χ1v) is 10.2. The molecule has 2 aromatic rings. The van der Waals surface area contributed by atoms with Gasteiger partial charge >= 0.3 is 5.97 Å². The van der Waals surface area contributed by atoms with Gasteiger partial charge in [0.15, 0.2) is 23.0 Å². The predicted molar refractivity (Wildman–Crippen MR) is 111 cm³/mol. The Morgan fingerprint density at radius 3 is 2.61 bits per heavy atom. The fraction of sp³-hybridized carbons (Fsp3) is 0.435. The summed E-state index contributed by atoms with van der Waals surface area (Å²) in [6.07, 6.45) is 0.338. The van der Waals surface area contributed by atoms with Crippen LogP contribution in [0.2, 0.25) is 0 Å². The van der Waals surface area contributed by atoms with Gasteiger partial charge < -0.3 is 33.3 Å². The average Bonchev–Trinajstić information content (AvgIpc) is 3.34. The maximum absolute atomic E-state index is 12.9. The predicted octanol–water partition coefficient (Wildman–Crippen LogP) is 2.92. The van der Waals surface area contributed by atoms with Crippen LogP contribution in [0.1, 0.15) is 39.1 Å². The molecule has 3 aliphatic rings. The second-order valence-corrected chi connectivity index (χ2v) is 7.93. The van der Waals surface area contributed by atoms with Crippen LogP contribution in [0.15, 0.2) is 18.2 Å². The first-order valence-electron chi connectivity index (χ1n) is 10.2. The molecule has 0 amide bonds. The van der Waals surface area contributed by atoms with Crippen molar-refractivity contribution in [3.05, 3.63) is 40.5 Å². The van der Waals surface area contributed by atoms with Gasteiger partial charge in [0.1, 0.15) is 11.7 Å². The molecule has 0 radical (unpaired) electrons. The summed E-state index contributed by atoms with van der Waals surface area (Å²) < 4.78 is 34.0. The van der Waals surface area contributed by atoms with E-state index in [2.05, 4.69) is 11.9 Å². The molecule has 164 valence electrons. The molecule has 2 aromatic carbocycles. The molecule has 0 unspecified atom stereocenters. The van der Waals surface area contributed by atoms with E-state index >= 15 is 0 Å². The minimum Gasteiger partial charge on any atom is -0.493 e. The van der Waals surface area contributed by atoms with Gasteiger partial charge in [0.25, 0.3) is 0 Å². The minimum absolute atomic E-state index is 0.157. The molecule has 0 saturated carbocycles. The third-order valence-corrected chi connectivity index (χ3v) is 6.28. The molecule has 5 rings (SSSR count). The smallest absolute Gasteiger partial charge is 0.343 e. The summed E-state index contributed by atoms with van der Waals surface area (Å²) in [5, 5.41) is 0. The zero-order valence-electron chi connectivity index (χ0n) is 18.0. The first-order chi connectivity index (χ1) is 15.1. The Kier molecular flexibility index (Phi) is 4.81. The molecule has 3 heterocycles. The van der Waals surface area contributed by atoms with Gasteiger partial charge in [-0.2, -0.15) is 0 Å². The van der Waals surface area contributed by atoms with Crippen molar-refractivity contribution in [2.75, 3.05) is 48.3 Å². The molecule has 0 fully saturated rings. The van der Waals surface area contributed by atoms with Crippen LogP contribution in [0.25, 0.3) is 0 Å². The lowest BCUT2D eigenvalue weighted by Gasteiger charge is -2.28. The fourth-order valence-corrected chi connectivity index (χ4v) is 4.90. The van der Waals surface area contributed by atoms with Crippen LogP contribution in [0.4, 0.5) is 0 Å². The lowest BCUT2D eigenvalue weighted by molar-refractivity contribution is 0.0296. The fourth-order valence-electron chi connectivity index (χ4n) is 4.90. The van der Waals surface area contributed by atoms with Crippen molar-refractivity contribution in [3.63, 3.8) is 0 Å². The maximum atomic E-state index is 12.9. The Hall–Kier alpha value is -3.13. The number of nitrogens with zero attached hydrogens (tertiary/aromatic N) is 1. The number of cyclic esters (lactones) is 1. The van der Waals surface area contributed by atoms with Crippen molar-refractivity contribution in [1.29, 1.82) is 0 Å². The number of fused-ring (bicyclic) bond motifs is 3. The Morgan fingerprint density at radius 1 is 1.06 bits per heavy atom. The molecule has 8 nitrogen and oxygen atoms in total. The van der Waals surface area contributed by atoms with Crippen LogP contribution in [0, 0.1) is 0 Å². The van der Waals surface area contributed by atoms with Crippen LogP contribution in [0.3, 0.4) is 0 Å². The highest BCUT2D eigenvalue weighted by Crippen LogP contribution is 2.54. The standard InChI is InChI=1S/C23H25NO7/c1-24-8-7-12-9-16-21(30-11-29-16)22(28-4)17(12)14(10-24)19-13-5-6-15(26-2)20(27-3)18(13)23(25)31-19/h5-6,9,14,19H,7-8,10-11H2,1-4H3/t14-,19+/m1/s1. The van der Waals surface area contributed by atoms with Crippen molar-refractivity contribution in [2.45, 2.75) is 18.4 Å². The summed E-state index contributed by atoms with van der Waals surface area (Å²) >= 11 is 0. The van der Waals surface area contributed by atoms with Crippen molar-refractivity contribution in [3.8, 4) is 28.7 Å². The summed E-state index contributed by atoms with van der Waals surface area (Å²) in [6.45, 7) is 1.72. The number of benzene rings is 2. The van der Waals surface area contributed by atoms with Gasteiger partial charge in [-0.05, 0) is 31.2 Å². The third-order valence-electron chi connectivity index (χ3n) is 6.28. The zero-order valence-corrected chi connectivity index (χ0v) is 18.0. The molecule has 0 spiro atoms. The SMILES string of the molecule is COc1ccc2c(c1OC)C(=O)O[C@@H]2[C@@H]1CN(C)CCc2cc3c(c(OC)c21)OCO3. The first kappa shape index (κ1) is 19.8. The molecule has 0 bridgehead atoms. The van der Waals surface area contributed by atoms with E-state index in [1.54, 1.807) is 14.2 Å². The van der Waals surface area contributed by atoms with E-state index in [0.717, 1.165) is 29.7 Å². The number of likely N-dealkylation sites (N-methyl/N-ethyl adjacent to an activating group) is 1. The molecular weight excluding hydrogens is 402 g/mol. The Bertz CT molecular complexity index is 1050. The van der Waals surface area contributed by atoms with E-state index in [9.17, 15) is 4.79 Å². The normalized spacial score (nSPS) is 21.7. The van der Waals surface area contributed by atoms with Crippen molar-refractivity contribution >= 4 is 5.97 Å². The number of methoxy groups -OCH3 is 3. The minimum atomic E-state index is -0.490. The number of carbonyl (C=O) groups excluding carboxylic acids is 1. The molecule has 0 aromatic heterocycles. The second kappa shape index (κ2) is 7.53.